The van der Waals surface area contributed by atoms with Crippen LogP contribution in [0.15, 0.2) is 29.3 Å². The number of fused-ring (bicyclic) bond motifs is 3. The summed E-state index contributed by atoms with van der Waals surface area (Å²) in [5.41, 5.74) is 0.316. The number of urea groups is 1. The smallest absolute Gasteiger partial charge is 0.270 e. The number of halogens is 1. The molecule has 1 aromatic rings. The Morgan fingerprint density at radius 3 is 2.84 bits per heavy atom. The molecule has 0 radical (unpaired) electrons. The predicted octanol–water partition coefficient (Wildman–Crippen LogP) is 0.704. The van der Waals surface area contributed by atoms with Gasteiger partial charge in [-0.15, -0.1) is 0 Å². The number of likely N-dealkylation sites (N-methyl/N-ethyl adjacent to an activating group) is 1. The Balaban J connectivity index is 1.70. The number of amides is 3. The molecule has 130 valence electrons. The van der Waals surface area contributed by atoms with Crippen molar-refractivity contribution in [3.63, 3.8) is 0 Å². The van der Waals surface area contributed by atoms with Crippen LogP contribution >= 0.6 is 0 Å². The van der Waals surface area contributed by atoms with Gasteiger partial charge in [0.2, 0.25) is 11.9 Å². The monoisotopic (exact) mass is 344 g/mol. The molecule has 0 spiro atoms. The number of carbonyl (C=O) groups excluding carboxylic acids is 2. The highest BCUT2D eigenvalue weighted by Gasteiger charge is 2.56. The van der Waals surface area contributed by atoms with E-state index in [4.69, 9.17) is 0 Å². The summed E-state index contributed by atoms with van der Waals surface area (Å²) in [5.74, 6) is 0.382. The first kappa shape index (κ1) is 15.7. The van der Waals surface area contributed by atoms with Gasteiger partial charge >= 0.3 is 12.0 Å². The number of hydrogen-bond acceptors (Lipinski definition) is 4. The number of rotatable bonds is 2. The van der Waals surface area contributed by atoms with Crippen LogP contribution in [-0.2, 0) is 11.3 Å². The number of carbonyl (C=O) groups is 2. The molecule has 0 N–H and O–H groups in total. The van der Waals surface area contributed by atoms with E-state index in [1.807, 2.05) is 16.5 Å². The number of guanidine groups is 1. The predicted molar refractivity (Wildman–Crippen MR) is 88.7 cm³/mol. The van der Waals surface area contributed by atoms with E-state index in [0.29, 0.717) is 23.9 Å². The molecule has 4 rings (SSSR count). The molecule has 1 fully saturated rings. The van der Waals surface area contributed by atoms with Crippen LogP contribution in [0.4, 0.5) is 9.18 Å². The Labute approximate surface area is 144 Å². The molecule has 1 atom stereocenters. The van der Waals surface area contributed by atoms with E-state index < -0.39 is 17.9 Å². The van der Waals surface area contributed by atoms with E-state index in [-0.39, 0.29) is 12.5 Å². The Kier molecular flexibility index (Phi) is 3.55. The Morgan fingerprint density at radius 1 is 1.32 bits per heavy atom. The molecule has 0 bridgehead atoms. The van der Waals surface area contributed by atoms with E-state index in [9.17, 15) is 14.0 Å². The highest BCUT2D eigenvalue weighted by molar-refractivity contribution is 6.25. The van der Waals surface area contributed by atoms with Crippen LogP contribution in [0, 0.1) is 5.82 Å². The van der Waals surface area contributed by atoms with Gasteiger partial charge in [0, 0.05) is 19.0 Å². The van der Waals surface area contributed by atoms with Crippen molar-refractivity contribution >= 4 is 23.7 Å². The van der Waals surface area contributed by atoms with Gasteiger partial charge in [0.05, 0.1) is 26.7 Å². The van der Waals surface area contributed by atoms with E-state index in [1.54, 1.807) is 25.2 Å². The molecule has 3 aliphatic rings. The van der Waals surface area contributed by atoms with Crippen LogP contribution in [0.25, 0.3) is 0 Å². The van der Waals surface area contributed by atoms with E-state index in [2.05, 4.69) is 4.99 Å². The average molecular weight is 344 g/mol. The zero-order chi connectivity index (χ0) is 17.7. The topological polar surface area (TPSA) is 59.2 Å². The normalized spacial score (nSPS) is 23.1. The van der Waals surface area contributed by atoms with Gasteiger partial charge in [0.25, 0.3) is 5.91 Å². The molecular weight excluding hydrogens is 325 g/mol. The third-order valence-corrected chi connectivity index (χ3v) is 4.91. The van der Waals surface area contributed by atoms with Gasteiger partial charge in [0.15, 0.2) is 0 Å². The highest BCUT2D eigenvalue weighted by atomic mass is 19.1. The summed E-state index contributed by atoms with van der Waals surface area (Å²) >= 11 is 0. The van der Waals surface area contributed by atoms with Gasteiger partial charge in [0.1, 0.15) is 5.82 Å². The van der Waals surface area contributed by atoms with Crippen molar-refractivity contribution in [1.29, 1.82) is 0 Å². The van der Waals surface area contributed by atoms with Crippen LogP contribution in [0.3, 0.4) is 0 Å². The van der Waals surface area contributed by atoms with Crippen LogP contribution < -0.4 is 0 Å². The molecule has 8 heteroatoms. The maximum atomic E-state index is 14.0. The maximum absolute atomic E-state index is 14.0. The molecule has 3 aliphatic heterocycles. The van der Waals surface area contributed by atoms with E-state index in [1.165, 1.54) is 11.0 Å². The lowest BCUT2D eigenvalue weighted by Crippen LogP contribution is -2.64. The van der Waals surface area contributed by atoms with Crippen molar-refractivity contribution in [2.75, 3.05) is 27.2 Å². The van der Waals surface area contributed by atoms with E-state index >= 15 is 0 Å². The molecule has 1 saturated heterocycles. The fourth-order valence-electron chi connectivity index (χ4n) is 3.56. The first-order chi connectivity index (χ1) is 12.0. The highest BCUT2D eigenvalue weighted by Crippen LogP contribution is 2.26. The number of benzene rings is 1. The van der Waals surface area contributed by atoms with Gasteiger partial charge in [-0.25, -0.2) is 14.1 Å². The van der Waals surface area contributed by atoms with Crippen molar-refractivity contribution in [2.45, 2.75) is 19.0 Å². The van der Waals surface area contributed by atoms with Crippen molar-refractivity contribution in [3.05, 3.63) is 35.6 Å². The number of imide groups is 1. The van der Waals surface area contributed by atoms with Crippen LogP contribution in [0.2, 0.25) is 0 Å². The van der Waals surface area contributed by atoms with Crippen molar-refractivity contribution in [1.82, 2.24) is 14.7 Å². The molecule has 25 heavy (non-hydrogen) atoms. The van der Waals surface area contributed by atoms with Crippen LogP contribution in [-0.4, -0.2) is 76.2 Å². The first-order valence-corrected chi connectivity index (χ1v) is 8.25. The molecule has 1 unspecified atom stereocenters. The van der Waals surface area contributed by atoms with Crippen LogP contribution in [0.5, 0.6) is 0 Å². The summed E-state index contributed by atoms with van der Waals surface area (Å²) in [7, 11) is 3.53. The van der Waals surface area contributed by atoms with Gasteiger partial charge in [-0.2, -0.15) is 0 Å². The Morgan fingerprint density at radius 2 is 2.08 bits per heavy atom. The van der Waals surface area contributed by atoms with Gasteiger partial charge < -0.3 is 0 Å². The fourth-order valence-corrected chi connectivity index (χ4v) is 3.56. The number of aliphatic imine (C=N–C) groups is 1. The standard InChI is InChI=1S/C17H19FN5O2/c1-20-8-5-9-22-13-14(19-16(20)22)21(2)17(25)23(15(13)24)10-11-6-3-4-7-12(11)18/h3-4,6-7,13H,5,8-10H2,1-2H3/q+1. The Bertz CT molecular complexity index is 834. The van der Waals surface area contributed by atoms with Gasteiger partial charge in [-0.1, -0.05) is 23.2 Å². The molecule has 3 heterocycles. The molecule has 0 aromatic heterocycles. The Hall–Kier alpha value is -2.77. The fraction of sp³-hybridized carbons (Fsp3) is 0.412. The average Bonchev–Trinajstić information content (AvgIpc) is 2.99. The van der Waals surface area contributed by atoms with Crippen molar-refractivity contribution in [2.24, 2.45) is 4.99 Å². The number of nitrogens with zero attached hydrogens (tertiary/aromatic N) is 5. The summed E-state index contributed by atoms with van der Waals surface area (Å²) in [4.78, 5) is 34.7. The van der Waals surface area contributed by atoms with Crippen molar-refractivity contribution < 1.29 is 18.6 Å². The number of hydrogen-bond donors (Lipinski definition) is 0. The summed E-state index contributed by atoms with van der Waals surface area (Å²) in [6, 6.07) is 5.08. The zero-order valence-corrected chi connectivity index (χ0v) is 14.1. The minimum absolute atomic E-state index is 0.0858. The third kappa shape index (κ3) is 2.32. The summed E-state index contributed by atoms with van der Waals surface area (Å²) < 4.78 is 16.0. The molecule has 7 nitrogen and oxygen atoms in total. The van der Waals surface area contributed by atoms with Crippen LogP contribution in [0.1, 0.15) is 12.0 Å². The lowest BCUT2D eigenvalue weighted by molar-refractivity contribution is -0.509. The lowest BCUT2D eigenvalue weighted by Gasteiger charge is -2.35. The van der Waals surface area contributed by atoms with E-state index in [0.717, 1.165) is 17.9 Å². The van der Waals surface area contributed by atoms with Gasteiger partial charge in [-0.3, -0.25) is 19.2 Å². The largest absolute Gasteiger partial charge is 0.392 e. The quantitative estimate of drug-likeness (QED) is 0.743. The maximum Gasteiger partial charge on any atom is 0.392 e. The number of amidine groups is 1. The first-order valence-electron chi connectivity index (χ1n) is 8.25. The molecule has 1 aromatic carbocycles. The molecular formula is C17H19FN5O2+. The third-order valence-electron chi connectivity index (χ3n) is 4.91. The second-order valence-corrected chi connectivity index (χ2v) is 6.50. The van der Waals surface area contributed by atoms with Gasteiger partial charge in [-0.05, 0) is 6.07 Å². The summed E-state index contributed by atoms with van der Waals surface area (Å²) in [6.45, 7) is 1.48. The lowest BCUT2D eigenvalue weighted by atomic mass is 10.1. The second-order valence-electron chi connectivity index (χ2n) is 6.50. The summed E-state index contributed by atoms with van der Waals surface area (Å²) in [6.07, 6.45) is 0.914. The molecule has 0 aliphatic carbocycles. The SMILES string of the molecule is CN1C(=O)N(Cc2ccccc2F)C(=O)C2C1=NC1=[N+](C)CCCN12. The minimum Gasteiger partial charge on any atom is -0.270 e. The zero-order valence-electron chi connectivity index (χ0n) is 14.1. The van der Waals surface area contributed by atoms with Crippen molar-refractivity contribution in [3.8, 4) is 0 Å². The minimum atomic E-state index is -0.618. The molecule has 3 amide bonds. The summed E-state index contributed by atoms with van der Waals surface area (Å²) in [5, 5.41) is 0. The molecule has 0 saturated carbocycles. The second kappa shape index (κ2) is 5.65.